The SMILES string of the molecule is CN1CCOCC1.OCC(O)CO. The maximum Gasteiger partial charge on any atom is 0.100 e. The lowest BCUT2D eigenvalue weighted by Gasteiger charge is -2.21. The van der Waals surface area contributed by atoms with Gasteiger partial charge in [0.05, 0.1) is 26.4 Å². The second-order valence-electron chi connectivity index (χ2n) is 2.93. The Hall–Kier alpha value is -0.200. The van der Waals surface area contributed by atoms with Crippen LogP contribution in [0.5, 0.6) is 0 Å². The molecule has 1 aliphatic rings. The quantitative estimate of drug-likeness (QED) is 0.486. The van der Waals surface area contributed by atoms with E-state index in [1.165, 1.54) is 0 Å². The molecule has 1 heterocycles. The number of aliphatic hydroxyl groups is 3. The topological polar surface area (TPSA) is 73.2 Å². The fourth-order valence-electron chi connectivity index (χ4n) is 0.712. The van der Waals surface area contributed by atoms with E-state index in [9.17, 15) is 0 Å². The molecule has 0 bridgehead atoms. The van der Waals surface area contributed by atoms with E-state index in [0.717, 1.165) is 26.3 Å². The standard InChI is InChI=1S/C5H11NO.C3H8O3/c1-6-2-4-7-5-3-6;4-1-3(6)2-5/h2-5H2,1H3;3-6H,1-2H2. The van der Waals surface area contributed by atoms with Crippen molar-refractivity contribution in [2.75, 3.05) is 46.6 Å². The number of likely N-dealkylation sites (N-methyl/N-ethyl adjacent to an activating group) is 1. The lowest BCUT2D eigenvalue weighted by molar-refractivity contribution is 0.0450. The summed E-state index contributed by atoms with van der Waals surface area (Å²) in [5.74, 6) is 0. The second kappa shape index (κ2) is 8.40. The highest BCUT2D eigenvalue weighted by Crippen LogP contribution is 1.89. The molecule has 0 aromatic carbocycles. The second-order valence-corrected chi connectivity index (χ2v) is 2.93. The predicted octanol–water partition coefficient (Wildman–Crippen LogP) is -1.72. The molecule has 0 saturated carbocycles. The van der Waals surface area contributed by atoms with Crippen molar-refractivity contribution in [2.45, 2.75) is 6.10 Å². The molecule has 0 aliphatic carbocycles. The maximum atomic E-state index is 8.17. The molecule has 80 valence electrons. The van der Waals surface area contributed by atoms with Crippen LogP contribution in [-0.4, -0.2) is 72.9 Å². The molecule has 3 N–H and O–H groups in total. The van der Waals surface area contributed by atoms with Crippen molar-refractivity contribution < 1.29 is 20.1 Å². The van der Waals surface area contributed by atoms with Crippen LogP contribution >= 0.6 is 0 Å². The Morgan fingerprint density at radius 2 is 1.69 bits per heavy atom. The van der Waals surface area contributed by atoms with E-state index in [0.29, 0.717) is 0 Å². The van der Waals surface area contributed by atoms with Gasteiger partial charge in [-0.25, -0.2) is 0 Å². The lowest BCUT2D eigenvalue weighted by atomic mass is 10.4. The molecular formula is C8H19NO4. The van der Waals surface area contributed by atoms with Crippen molar-refractivity contribution in [3.05, 3.63) is 0 Å². The number of ether oxygens (including phenoxy) is 1. The van der Waals surface area contributed by atoms with Gasteiger partial charge in [0, 0.05) is 13.1 Å². The molecule has 0 radical (unpaired) electrons. The highest BCUT2D eigenvalue weighted by atomic mass is 16.5. The first-order valence-corrected chi connectivity index (χ1v) is 4.36. The molecule has 0 amide bonds. The summed E-state index contributed by atoms with van der Waals surface area (Å²) in [5, 5.41) is 24.0. The van der Waals surface area contributed by atoms with Gasteiger partial charge >= 0.3 is 0 Å². The Balaban J connectivity index is 0.000000226. The maximum absolute atomic E-state index is 8.17. The van der Waals surface area contributed by atoms with Crippen molar-refractivity contribution in [2.24, 2.45) is 0 Å². The van der Waals surface area contributed by atoms with Crippen LogP contribution in [0.25, 0.3) is 0 Å². The molecule has 13 heavy (non-hydrogen) atoms. The minimum absolute atomic E-state index is 0.365. The third-order valence-corrected chi connectivity index (χ3v) is 1.66. The monoisotopic (exact) mass is 193 g/mol. The van der Waals surface area contributed by atoms with Gasteiger partial charge < -0.3 is 25.0 Å². The first kappa shape index (κ1) is 12.8. The van der Waals surface area contributed by atoms with Crippen LogP contribution in [0.1, 0.15) is 0 Å². The molecule has 1 saturated heterocycles. The predicted molar refractivity (Wildman–Crippen MR) is 48.5 cm³/mol. The van der Waals surface area contributed by atoms with Gasteiger partial charge in [0.25, 0.3) is 0 Å². The van der Waals surface area contributed by atoms with Crippen molar-refractivity contribution in [1.29, 1.82) is 0 Å². The number of rotatable bonds is 2. The first-order chi connectivity index (χ1) is 6.20. The van der Waals surface area contributed by atoms with Gasteiger partial charge in [-0.1, -0.05) is 0 Å². The Morgan fingerprint density at radius 1 is 1.23 bits per heavy atom. The zero-order valence-electron chi connectivity index (χ0n) is 8.02. The highest BCUT2D eigenvalue weighted by Gasteiger charge is 2.02. The molecule has 1 aliphatic heterocycles. The van der Waals surface area contributed by atoms with Crippen LogP contribution in [0.15, 0.2) is 0 Å². The van der Waals surface area contributed by atoms with E-state index in [1.807, 2.05) is 0 Å². The van der Waals surface area contributed by atoms with Gasteiger partial charge in [-0.2, -0.15) is 0 Å². The number of aliphatic hydroxyl groups excluding tert-OH is 3. The van der Waals surface area contributed by atoms with Crippen LogP contribution < -0.4 is 0 Å². The summed E-state index contributed by atoms with van der Waals surface area (Å²) in [4.78, 5) is 2.27. The summed E-state index contributed by atoms with van der Waals surface area (Å²) in [6.45, 7) is 3.29. The lowest BCUT2D eigenvalue weighted by Crippen LogP contribution is -2.32. The van der Waals surface area contributed by atoms with E-state index in [1.54, 1.807) is 0 Å². The molecular weight excluding hydrogens is 174 g/mol. The number of nitrogens with zero attached hydrogens (tertiary/aromatic N) is 1. The summed E-state index contributed by atoms with van der Waals surface area (Å²) in [5.41, 5.74) is 0. The molecule has 0 aromatic heterocycles. The number of hydrogen-bond acceptors (Lipinski definition) is 5. The Labute approximate surface area is 78.5 Å². The van der Waals surface area contributed by atoms with Gasteiger partial charge in [-0.05, 0) is 7.05 Å². The largest absolute Gasteiger partial charge is 0.394 e. The van der Waals surface area contributed by atoms with E-state index < -0.39 is 6.10 Å². The van der Waals surface area contributed by atoms with E-state index in [-0.39, 0.29) is 13.2 Å². The average molecular weight is 193 g/mol. The molecule has 0 atom stereocenters. The molecule has 0 unspecified atom stereocenters. The number of hydrogen-bond donors (Lipinski definition) is 3. The van der Waals surface area contributed by atoms with Gasteiger partial charge in [0.2, 0.25) is 0 Å². The van der Waals surface area contributed by atoms with Crippen LogP contribution in [0.2, 0.25) is 0 Å². The molecule has 0 aromatic rings. The summed E-state index contributed by atoms with van der Waals surface area (Å²) < 4.78 is 5.10. The van der Waals surface area contributed by atoms with Crippen LogP contribution in [0.4, 0.5) is 0 Å². The van der Waals surface area contributed by atoms with E-state index in [4.69, 9.17) is 20.1 Å². The fraction of sp³-hybridized carbons (Fsp3) is 1.00. The summed E-state index contributed by atoms with van der Waals surface area (Å²) >= 11 is 0. The summed E-state index contributed by atoms with van der Waals surface area (Å²) in [6.07, 6.45) is -0.954. The average Bonchev–Trinajstić information content (AvgIpc) is 2.19. The molecule has 1 rings (SSSR count). The van der Waals surface area contributed by atoms with Crippen LogP contribution in [-0.2, 0) is 4.74 Å². The Kier molecular flexibility index (Phi) is 8.27. The normalized spacial score (nSPS) is 18.2. The van der Waals surface area contributed by atoms with E-state index in [2.05, 4.69) is 11.9 Å². The van der Waals surface area contributed by atoms with Gasteiger partial charge in [-0.15, -0.1) is 0 Å². The molecule has 0 spiro atoms. The van der Waals surface area contributed by atoms with Gasteiger partial charge in [-0.3, -0.25) is 0 Å². The molecule has 5 heteroatoms. The van der Waals surface area contributed by atoms with Crippen molar-refractivity contribution >= 4 is 0 Å². The summed E-state index contributed by atoms with van der Waals surface area (Å²) in [7, 11) is 2.11. The fourth-order valence-corrected chi connectivity index (χ4v) is 0.712. The van der Waals surface area contributed by atoms with Gasteiger partial charge in [0.1, 0.15) is 6.10 Å². The van der Waals surface area contributed by atoms with Crippen molar-refractivity contribution in [3.63, 3.8) is 0 Å². The third kappa shape index (κ3) is 8.14. The van der Waals surface area contributed by atoms with Crippen molar-refractivity contribution in [1.82, 2.24) is 4.90 Å². The third-order valence-electron chi connectivity index (χ3n) is 1.66. The minimum Gasteiger partial charge on any atom is -0.394 e. The minimum atomic E-state index is -0.954. The Bertz CT molecular complexity index is 102. The van der Waals surface area contributed by atoms with Gasteiger partial charge in [0.15, 0.2) is 0 Å². The smallest absolute Gasteiger partial charge is 0.100 e. The zero-order chi connectivity index (χ0) is 10.1. The first-order valence-electron chi connectivity index (χ1n) is 4.36. The van der Waals surface area contributed by atoms with Crippen molar-refractivity contribution in [3.8, 4) is 0 Å². The molecule has 5 nitrogen and oxygen atoms in total. The van der Waals surface area contributed by atoms with Crippen LogP contribution in [0, 0.1) is 0 Å². The Morgan fingerprint density at radius 3 is 1.85 bits per heavy atom. The zero-order valence-corrected chi connectivity index (χ0v) is 8.02. The molecule has 1 fully saturated rings. The highest BCUT2D eigenvalue weighted by molar-refractivity contribution is 4.53. The van der Waals surface area contributed by atoms with E-state index >= 15 is 0 Å². The summed E-state index contributed by atoms with van der Waals surface area (Å²) in [6, 6.07) is 0. The number of morpholine rings is 1. The van der Waals surface area contributed by atoms with Crippen LogP contribution in [0.3, 0.4) is 0 Å².